The van der Waals surface area contributed by atoms with Crippen molar-refractivity contribution in [2.24, 2.45) is 0 Å². The Balaban J connectivity index is 1.92. The van der Waals surface area contributed by atoms with Crippen LogP contribution in [-0.2, 0) is 19.1 Å². The van der Waals surface area contributed by atoms with E-state index < -0.39 is 29.9 Å². The summed E-state index contributed by atoms with van der Waals surface area (Å²) in [6.07, 6.45) is -0.0546. The summed E-state index contributed by atoms with van der Waals surface area (Å²) in [5, 5.41) is 13.9. The van der Waals surface area contributed by atoms with Gasteiger partial charge in [0.1, 0.15) is 0 Å². The first-order valence-corrected chi connectivity index (χ1v) is 9.07. The number of benzene rings is 2. The molecule has 0 heterocycles. The van der Waals surface area contributed by atoms with Crippen molar-refractivity contribution < 1.29 is 29.0 Å². The highest BCUT2D eigenvalue weighted by Gasteiger charge is 2.19. The molecule has 0 aliphatic rings. The van der Waals surface area contributed by atoms with E-state index in [0.29, 0.717) is 11.4 Å². The fraction of sp³-hybridized carbons (Fsp3) is 0.182. The fourth-order valence-electron chi connectivity index (χ4n) is 2.29. The molecule has 0 aliphatic heterocycles. The van der Waals surface area contributed by atoms with E-state index in [4.69, 9.17) is 9.84 Å². The number of hydrogen-bond donors (Lipinski definition) is 3. The number of hydrogen-bond acceptors (Lipinski definition) is 5. The SMILES string of the molecule is C/C(=C\C(=O)Nc1ccc(C(=O)O[C@@H](C)C(=O)Nc2ccc(C)cc2)cc1)C(=O)O. The molecular weight excluding hydrogens is 388 g/mol. The minimum Gasteiger partial charge on any atom is -0.478 e. The second-order valence-electron chi connectivity index (χ2n) is 6.60. The fourth-order valence-corrected chi connectivity index (χ4v) is 2.29. The number of ether oxygens (including phenoxy) is 1. The van der Waals surface area contributed by atoms with E-state index in [1.807, 2.05) is 19.1 Å². The summed E-state index contributed by atoms with van der Waals surface area (Å²) in [4.78, 5) is 46.9. The molecule has 0 unspecified atom stereocenters. The van der Waals surface area contributed by atoms with Crippen LogP contribution in [0, 0.1) is 6.92 Å². The quantitative estimate of drug-likeness (QED) is 0.476. The van der Waals surface area contributed by atoms with Crippen LogP contribution in [0.1, 0.15) is 29.8 Å². The van der Waals surface area contributed by atoms with Crippen LogP contribution < -0.4 is 10.6 Å². The molecule has 0 radical (unpaired) electrons. The molecule has 8 nitrogen and oxygen atoms in total. The number of carbonyl (C=O) groups excluding carboxylic acids is 3. The monoisotopic (exact) mass is 410 g/mol. The molecule has 2 aromatic carbocycles. The maximum absolute atomic E-state index is 12.2. The molecule has 0 aromatic heterocycles. The van der Waals surface area contributed by atoms with Gasteiger partial charge >= 0.3 is 11.9 Å². The number of nitrogens with one attached hydrogen (secondary N) is 2. The van der Waals surface area contributed by atoms with Crippen LogP contribution in [0.5, 0.6) is 0 Å². The lowest BCUT2D eigenvalue weighted by molar-refractivity contribution is -0.132. The van der Waals surface area contributed by atoms with E-state index >= 15 is 0 Å². The first-order valence-electron chi connectivity index (χ1n) is 9.07. The van der Waals surface area contributed by atoms with Gasteiger partial charge < -0.3 is 20.5 Å². The second-order valence-corrected chi connectivity index (χ2v) is 6.60. The van der Waals surface area contributed by atoms with E-state index in [1.54, 1.807) is 12.1 Å². The zero-order valence-electron chi connectivity index (χ0n) is 16.8. The molecule has 8 heteroatoms. The Bertz CT molecular complexity index is 978. The van der Waals surface area contributed by atoms with E-state index in [2.05, 4.69) is 10.6 Å². The first-order chi connectivity index (χ1) is 14.2. The minimum absolute atomic E-state index is 0.106. The van der Waals surface area contributed by atoms with Crippen molar-refractivity contribution in [3.8, 4) is 0 Å². The average molecular weight is 410 g/mol. The second kappa shape index (κ2) is 10.0. The summed E-state index contributed by atoms with van der Waals surface area (Å²) in [7, 11) is 0. The number of anilines is 2. The largest absolute Gasteiger partial charge is 0.478 e. The summed E-state index contributed by atoms with van der Waals surface area (Å²) >= 11 is 0. The maximum atomic E-state index is 12.2. The van der Waals surface area contributed by atoms with Crippen LogP contribution in [0.25, 0.3) is 0 Å². The number of carboxylic acids is 1. The van der Waals surface area contributed by atoms with Gasteiger partial charge in [-0.15, -0.1) is 0 Å². The Morgan fingerprint density at radius 1 is 0.933 bits per heavy atom. The number of aryl methyl sites for hydroxylation is 1. The first kappa shape index (κ1) is 22.4. The number of carboxylic acid groups (broad SMARTS) is 1. The van der Waals surface area contributed by atoms with Crippen molar-refractivity contribution in [2.45, 2.75) is 26.9 Å². The highest BCUT2D eigenvalue weighted by Crippen LogP contribution is 2.13. The van der Waals surface area contributed by atoms with Crippen LogP contribution in [0.3, 0.4) is 0 Å². The predicted octanol–water partition coefficient (Wildman–Crippen LogP) is 3.15. The van der Waals surface area contributed by atoms with Gasteiger partial charge in [0, 0.05) is 23.0 Å². The summed E-state index contributed by atoms with van der Waals surface area (Å²) in [6, 6.07) is 13.0. The molecule has 2 amide bonds. The molecule has 1 atom stereocenters. The van der Waals surface area contributed by atoms with E-state index in [-0.39, 0.29) is 11.1 Å². The van der Waals surface area contributed by atoms with Gasteiger partial charge in [-0.05, 0) is 57.2 Å². The summed E-state index contributed by atoms with van der Waals surface area (Å²) in [5.74, 6) is -2.95. The van der Waals surface area contributed by atoms with Gasteiger partial charge in [0.05, 0.1) is 5.56 Å². The molecule has 0 spiro atoms. The molecule has 0 fully saturated rings. The number of amides is 2. The predicted molar refractivity (Wildman–Crippen MR) is 111 cm³/mol. The van der Waals surface area contributed by atoms with Crippen LogP contribution in [0.15, 0.2) is 60.2 Å². The molecule has 2 rings (SSSR count). The summed E-state index contributed by atoms with van der Waals surface area (Å²) in [5.41, 5.74) is 2.11. The lowest BCUT2D eigenvalue weighted by Crippen LogP contribution is -2.30. The molecule has 0 aliphatic carbocycles. The number of aliphatic carboxylic acids is 1. The van der Waals surface area contributed by atoms with Gasteiger partial charge in [-0.3, -0.25) is 9.59 Å². The van der Waals surface area contributed by atoms with Crippen LogP contribution in [0.4, 0.5) is 11.4 Å². The van der Waals surface area contributed by atoms with Gasteiger partial charge in [0.2, 0.25) is 5.91 Å². The number of carbonyl (C=O) groups is 4. The molecule has 0 saturated carbocycles. The van der Waals surface area contributed by atoms with Crippen LogP contribution >= 0.6 is 0 Å². The van der Waals surface area contributed by atoms with Gasteiger partial charge in [-0.1, -0.05) is 17.7 Å². The smallest absolute Gasteiger partial charge is 0.338 e. The van der Waals surface area contributed by atoms with Crippen molar-refractivity contribution in [2.75, 3.05) is 10.6 Å². The van der Waals surface area contributed by atoms with Gasteiger partial charge in [-0.2, -0.15) is 0 Å². The molecule has 3 N–H and O–H groups in total. The number of esters is 1. The average Bonchev–Trinajstić information content (AvgIpc) is 2.69. The zero-order valence-corrected chi connectivity index (χ0v) is 16.8. The molecule has 2 aromatic rings. The van der Waals surface area contributed by atoms with Crippen molar-refractivity contribution >= 4 is 35.1 Å². The van der Waals surface area contributed by atoms with Gasteiger partial charge in [0.25, 0.3) is 5.91 Å². The van der Waals surface area contributed by atoms with Crippen molar-refractivity contribution in [1.82, 2.24) is 0 Å². The van der Waals surface area contributed by atoms with Crippen LogP contribution in [-0.4, -0.2) is 35.0 Å². The minimum atomic E-state index is -1.19. The van der Waals surface area contributed by atoms with Crippen molar-refractivity contribution in [3.05, 3.63) is 71.3 Å². The summed E-state index contributed by atoms with van der Waals surface area (Å²) < 4.78 is 5.18. The lowest BCUT2D eigenvalue weighted by Gasteiger charge is -2.14. The molecule has 30 heavy (non-hydrogen) atoms. The van der Waals surface area contributed by atoms with Crippen molar-refractivity contribution in [3.63, 3.8) is 0 Å². The van der Waals surface area contributed by atoms with Gasteiger partial charge in [0.15, 0.2) is 6.10 Å². The van der Waals surface area contributed by atoms with Crippen molar-refractivity contribution in [1.29, 1.82) is 0 Å². The van der Waals surface area contributed by atoms with Gasteiger partial charge in [-0.25, -0.2) is 9.59 Å². The Morgan fingerprint density at radius 2 is 1.47 bits per heavy atom. The van der Waals surface area contributed by atoms with E-state index in [0.717, 1.165) is 11.6 Å². The topological polar surface area (TPSA) is 122 Å². The Hall–Kier alpha value is -3.94. The normalized spacial score (nSPS) is 11.9. The van der Waals surface area contributed by atoms with Crippen LogP contribution in [0.2, 0.25) is 0 Å². The third-order valence-electron chi connectivity index (χ3n) is 4.05. The highest BCUT2D eigenvalue weighted by atomic mass is 16.5. The Morgan fingerprint density at radius 3 is 2.03 bits per heavy atom. The Labute approximate surface area is 173 Å². The molecular formula is C22H22N2O6. The van der Waals surface area contributed by atoms with E-state index in [1.165, 1.54) is 38.1 Å². The standard InChI is InChI=1S/C22H22N2O6/c1-13-4-8-18(9-5-13)24-20(26)15(3)30-22(29)16-6-10-17(11-7-16)23-19(25)12-14(2)21(27)28/h4-12,15H,1-3H3,(H,23,25)(H,24,26)(H,27,28)/b14-12+/t15-/m0/s1. The highest BCUT2D eigenvalue weighted by molar-refractivity contribution is 6.04. The zero-order chi connectivity index (χ0) is 22.3. The summed E-state index contributed by atoms with van der Waals surface area (Å²) in [6.45, 7) is 4.70. The molecule has 156 valence electrons. The third kappa shape index (κ3) is 6.59. The molecule has 0 saturated heterocycles. The maximum Gasteiger partial charge on any atom is 0.338 e. The lowest BCUT2D eigenvalue weighted by atomic mass is 10.2. The third-order valence-corrected chi connectivity index (χ3v) is 4.05. The molecule has 0 bridgehead atoms. The van der Waals surface area contributed by atoms with E-state index in [9.17, 15) is 19.2 Å². The Kier molecular flexibility index (Phi) is 7.46. The number of rotatable bonds is 7.